The summed E-state index contributed by atoms with van der Waals surface area (Å²) < 4.78 is 95.0. The summed E-state index contributed by atoms with van der Waals surface area (Å²) in [5.74, 6) is -2.06. The molecule has 4 aromatic heterocycles. The molecule has 16 nitrogen and oxygen atoms in total. The van der Waals surface area contributed by atoms with Crippen LogP contribution >= 0.6 is 11.6 Å². The summed E-state index contributed by atoms with van der Waals surface area (Å²) in [6.07, 6.45) is -3.71. The van der Waals surface area contributed by atoms with Crippen molar-refractivity contribution in [2.75, 3.05) is 56.6 Å². The standard InChI is InChI=1S/C54H53ClF5N9O7/c1-6-31-32-16-30(9-10-38(32)62-44-34(31)22-69-39(44)18-36-35(49(69)71)24-75-50(72)53(36,73)7-2)74-23-27(4)48(70)66-13-14-68(28(5)20-66)47-33-17-37(55)41(46-42(54(58,59)60)26(3)15-40(61)63-46)43(57)45(33)64-51(65-47)76-25-52-11-8-12-67(52)21-29(56)19-52/h9-10,15-18,28-29,73H,4,6-8,11-14,19-25H2,1-3,5H3,(H2,61,63)/t28-,29+,52-,53-/m0/s1. The number of aliphatic hydroxyl groups is 1. The Morgan fingerprint density at radius 1 is 1.01 bits per heavy atom. The second-order valence-corrected chi connectivity index (χ2v) is 20.9. The number of hydrogen-bond donors (Lipinski definition) is 2. The molecule has 6 aromatic rings. The van der Waals surface area contributed by atoms with Crippen LogP contribution in [0.3, 0.4) is 0 Å². The number of halogens is 6. The van der Waals surface area contributed by atoms with Crippen molar-refractivity contribution in [2.24, 2.45) is 0 Å². The first-order valence-electron chi connectivity index (χ1n) is 25.2. The quantitative estimate of drug-likeness (QED) is 0.0720. The molecule has 22 heteroatoms. The molecule has 0 radical (unpaired) electrons. The van der Waals surface area contributed by atoms with E-state index in [4.69, 9.17) is 41.5 Å². The van der Waals surface area contributed by atoms with E-state index in [1.165, 1.54) is 13.0 Å². The number of fused-ring (bicyclic) bond motifs is 7. The molecule has 398 valence electrons. The van der Waals surface area contributed by atoms with Crippen molar-refractivity contribution < 1.29 is 50.9 Å². The number of carbonyl (C=O) groups is 2. The minimum absolute atomic E-state index is 0.0136. The molecule has 1 amide bonds. The van der Waals surface area contributed by atoms with E-state index in [1.54, 1.807) is 34.6 Å². The number of alkyl halides is 4. The van der Waals surface area contributed by atoms with Crippen LogP contribution in [-0.2, 0) is 45.7 Å². The highest BCUT2D eigenvalue weighted by molar-refractivity contribution is 6.34. The van der Waals surface area contributed by atoms with E-state index < -0.39 is 63.2 Å². The third kappa shape index (κ3) is 8.27. The molecule has 0 aliphatic carbocycles. The molecule has 5 aliphatic rings. The summed E-state index contributed by atoms with van der Waals surface area (Å²) in [7, 11) is 0. The number of pyridine rings is 3. The third-order valence-corrected chi connectivity index (χ3v) is 16.2. The number of hydrogen-bond acceptors (Lipinski definition) is 14. The molecule has 3 fully saturated rings. The Balaban J connectivity index is 0.842. The second-order valence-electron chi connectivity index (χ2n) is 20.5. The number of amides is 1. The van der Waals surface area contributed by atoms with Gasteiger partial charge in [-0.05, 0) is 93.6 Å². The first-order chi connectivity index (χ1) is 36.1. The van der Waals surface area contributed by atoms with E-state index in [2.05, 4.69) is 16.5 Å². The van der Waals surface area contributed by atoms with Crippen molar-refractivity contribution in [3.63, 3.8) is 0 Å². The van der Waals surface area contributed by atoms with Gasteiger partial charge in [0.15, 0.2) is 11.4 Å². The molecule has 0 spiro atoms. The predicted molar refractivity (Wildman–Crippen MR) is 272 cm³/mol. The number of benzene rings is 2. The van der Waals surface area contributed by atoms with Crippen molar-refractivity contribution in [3.05, 3.63) is 103 Å². The number of piperazine rings is 1. The Morgan fingerprint density at radius 2 is 1.80 bits per heavy atom. The van der Waals surface area contributed by atoms with Crippen LogP contribution in [0, 0.1) is 12.7 Å². The number of cyclic esters (lactones) is 1. The molecular weight excluding hydrogens is 1020 g/mol. The molecule has 0 saturated carbocycles. The van der Waals surface area contributed by atoms with Crippen LogP contribution in [-0.4, -0.2) is 115 Å². The first kappa shape index (κ1) is 51.2. The summed E-state index contributed by atoms with van der Waals surface area (Å²) in [6.45, 7) is 11.9. The normalized spacial score (nSPS) is 22.2. The minimum atomic E-state index is -4.95. The van der Waals surface area contributed by atoms with Crippen LogP contribution < -0.4 is 25.7 Å². The van der Waals surface area contributed by atoms with Gasteiger partial charge in [-0.1, -0.05) is 32.0 Å². The van der Waals surface area contributed by atoms with Gasteiger partial charge in [0.1, 0.15) is 48.9 Å². The SMILES string of the molecule is C=C(COc1ccc2nc3c(c(CC)c2c1)Cn1c-3cc2c(c1=O)COC(=O)[C@]2(O)CC)C(=O)N1CCN(c2nc(OC[C@@]34CCCN3C[C@H](F)C4)nc3c(F)c(-c4nc(N)cc(C)c4C(F)(F)F)c(Cl)cc23)[C@@H](C)C1. The van der Waals surface area contributed by atoms with E-state index in [-0.39, 0.29) is 128 Å². The zero-order valence-corrected chi connectivity index (χ0v) is 42.8. The lowest BCUT2D eigenvalue weighted by atomic mass is 9.86. The lowest BCUT2D eigenvalue weighted by molar-refractivity contribution is -0.172. The lowest BCUT2D eigenvalue weighted by Gasteiger charge is -2.41. The fourth-order valence-electron chi connectivity index (χ4n) is 12.1. The zero-order valence-electron chi connectivity index (χ0n) is 42.0. The Labute approximate surface area is 437 Å². The largest absolute Gasteiger partial charge is 0.489 e. The van der Waals surface area contributed by atoms with Gasteiger partial charge in [0, 0.05) is 66.1 Å². The van der Waals surface area contributed by atoms with Gasteiger partial charge in [0.2, 0.25) is 0 Å². The summed E-state index contributed by atoms with van der Waals surface area (Å²) >= 11 is 6.73. The maximum atomic E-state index is 17.2. The Morgan fingerprint density at radius 3 is 2.54 bits per heavy atom. The van der Waals surface area contributed by atoms with Crippen molar-refractivity contribution in [1.29, 1.82) is 0 Å². The first-order valence-corrected chi connectivity index (χ1v) is 25.6. The number of carbonyl (C=O) groups excluding carboxylic acids is 2. The van der Waals surface area contributed by atoms with E-state index >= 15 is 4.39 Å². The molecule has 3 N–H and O–H groups in total. The van der Waals surface area contributed by atoms with Crippen LogP contribution in [0.4, 0.5) is 33.6 Å². The van der Waals surface area contributed by atoms with Crippen molar-refractivity contribution in [1.82, 2.24) is 34.3 Å². The monoisotopic (exact) mass is 1070 g/mol. The zero-order chi connectivity index (χ0) is 53.9. The minimum Gasteiger partial charge on any atom is -0.489 e. The number of aryl methyl sites for hydroxylation is 2. The summed E-state index contributed by atoms with van der Waals surface area (Å²) in [5, 5.41) is 11.8. The van der Waals surface area contributed by atoms with Gasteiger partial charge in [-0.2, -0.15) is 23.1 Å². The number of esters is 1. The molecule has 0 bridgehead atoms. The van der Waals surface area contributed by atoms with E-state index in [0.717, 1.165) is 29.0 Å². The number of rotatable bonds is 11. The van der Waals surface area contributed by atoms with Gasteiger partial charge in [0.05, 0.1) is 56.4 Å². The number of nitrogens with two attached hydrogens (primary N) is 1. The van der Waals surface area contributed by atoms with Gasteiger partial charge < -0.3 is 39.4 Å². The Hall–Kier alpha value is -6.97. The number of aromatic nitrogens is 5. The van der Waals surface area contributed by atoms with Crippen LogP contribution in [0.25, 0.3) is 44.5 Å². The van der Waals surface area contributed by atoms with Gasteiger partial charge in [0.25, 0.3) is 11.5 Å². The maximum absolute atomic E-state index is 17.2. The number of nitrogens with zero attached hydrogens (tertiary/aromatic N) is 8. The maximum Gasteiger partial charge on any atom is 0.418 e. The number of anilines is 2. The molecule has 11 rings (SSSR count). The molecule has 4 atom stereocenters. The summed E-state index contributed by atoms with van der Waals surface area (Å²) in [5.41, 5.74) is 3.71. The average Bonchev–Trinajstić information content (AvgIpc) is 4.06. The molecule has 2 aromatic carbocycles. The summed E-state index contributed by atoms with van der Waals surface area (Å²) in [6, 6.07) is 8.59. The van der Waals surface area contributed by atoms with Gasteiger partial charge in [-0.3, -0.25) is 14.5 Å². The van der Waals surface area contributed by atoms with Crippen LogP contribution in [0.1, 0.15) is 79.8 Å². The summed E-state index contributed by atoms with van der Waals surface area (Å²) in [4.78, 5) is 64.1. The van der Waals surface area contributed by atoms with E-state index in [1.807, 2.05) is 29.7 Å². The van der Waals surface area contributed by atoms with Crippen molar-refractivity contribution in [2.45, 2.75) is 102 Å². The van der Waals surface area contributed by atoms with E-state index in [0.29, 0.717) is 42.0 Å². The molecular formula is C54H53ClF5N9O7. The second kappa shape index (κ2) is 18.6. The molecule has 0 unspecified atom stereocenters. The molecule has 3 saturated heterocycles. The molecule has 76 heavy (non-hydrogen) atoms. The van der Waals surface area contributed by atoms with Gasteiger partial charge in [-0.25, -0.2) is 23.5 Å². The van der Waals surface area contributed by atoms with Gasteiger partial charge in [-0.15, -0.1) is 0 Å². The lowest BCUT2D eigenvalue weighted by Crippen LogP contribution is -2.54. The highest BCUT2D eigenvalue weighted by atomic mass is 35.5. The van der Waals surface area contributed by atoms with E-state index in [9.17, 15) is 37.1 Å². The van der Waals surface area contributed by atoms with Crippen molar-refractivity contribution in [3.8, 4) is 34.4 Å². The average molecular weight is 1070 g/mol. The number of nitrogen functional groups attached to an aromatic ring is 1. The third-order valence-electron chi connectivity index (χ3n) is 15.9. The van der Waals surface area contributed by atoms with Crippen LogP contribution in [0.15, 0.2) is 53.3 Å². The topological polar surface area (TPSA) is 191 Å². The molecule has 5 aliphatic heterocycles. The van der Waals surface area contributed by atoms with Crippen LogP contribution in [0.2, 0.25) is 5.02 Å². The highest BCUT2D eigenvalue weighted by Crippen LogP contribution is 2.47. The number of ether oxygens (including phenoxy) is 3. The fourth-order valence-corrected chi connectivity index (χ4v) is 12.4. The molecule has 9 heterocycles. The highest BCUT2D eigenvalue weighted by Gasteiger charge is 2.50. The van der Waals surface area contributed by atoms with Crippen molar-refractivity contribution >= 4 is 56.9 Å². The predicted octanol–water partition coefficient (Wildman–Crippen LogP) is 7.98. The fraction of sp³-hybridized carbons (Fsp3) is 0.426. The van der Waals surface area contributed by atoms with Gasteiger partial charge >= 0.3 is 18.2 Å². The van der Waals surface area contributed by atoms with Crippen LogP contribution in [0.5, 0.6) is 11.8 Å². The Kier molecular flexibility index (Phi) is 12.6. The Bertz CT molecular complexity index is 3540. The smallest absolute Gasteiger partial charge is 0.418 e.